The normalized spacial score (nSPS) is 28.2. The van der Waals surface area contributed by atoms with E-state index in [0.29, 0.717) is 13.2 Å². The van der Waals surface area contributed by atoms with Crippen molar-refractivity contribution in [3.8, 4) is 11.3 Å². The molecule has 1 fully saturated rings. The van der Waals surface area contributed by atoms with Crippen LogP contribution in [0, 0.1) is 11.7 Å². The molecule has 1 aromatic heterocycles. The number of aliphatic hydroxyl groups excluding tert-OH is 1. The molecule has 1 aromatic carbocycles. The molecule has 4 rings (SSSR count). The van der Waals surface area contributed by atoms with Gasteiger partial charge in [-0.25, -0.2) is 9.37 Å². The van der Waals surface area contributed by atoms with E-state index in [-0.39, 0.29) is 17.8 Å². The summed E-state index contributed by atoms with van der Waals surface area (Å²) in [6, 6.07) is 4.79. The second-order valence-electron chi connectivity index (χ2n) is 5.46. The van der Waals surface area contributed by atoms with Crippen molar-refractivity contribution in [1.29, 1.82) is 0 Å². The lowest BCUT2D eigenvalue weighted by molar-refractivity contribution is -0.0540. The quantitative estimate of drug-likeness (QED) is 0.865. The summed E-state index contributed by atoms with van der Waals surface area (Å²) in [5, 5.41) is 10.2. The highest BCUT2D eigenvalue weighted by molar-refractivity contribution is 5.69. The molecule has 2 aliphatic heterocycles. The molecule has 1 N–H and O–H groups in total. The van der Waals surface area contributed by atoms with E-state index in [1.165, 1.54) is 6.07 Å². The van der Waals surface area contributed by atoms with E-state index in [1.54, 1.807) is 24.7 Å². The maximum Gasteiger partial charge on any atom is 0.123 e. The number of fused-ring (bicyclic) bond motifs is 3. The maximum atomic E-state index is 13.6. The number of aliphatic hydroxyl groups is 1. The van der Waals surface area contributed by atoms with Crippen LogP contribution in [0.1, 0.15) is 18.0 Å². The van der Waals surface area contributed by atoms with E-state index in [1.807, 2.05) is 4.57 Å². The Morgan fingerprint density at radius 1 is 1.40 bits per heavy atom. The highest BCUT2D eigenvalue weighted by Gasteiger charge is 2.39. The van der Waals surface area contributed by atoms with Gasteiger partial charge in [0.2, 0.25) is 0 Å². The van der Waals surface area contributed by atoms with Crippen LogP contribution >= 0.6 is 0 Å². The number of halogens is 1. The first-order valence-corrected chi connectivity index (χ1v) is 6.83. The summed E-state index contributed by atoms with van der Waals surface area (Å²) < 4.78 is 21.0. The van der Waals surface area contributed by atoms with E-state index in [2.05, 4.69) is 4.98 Å². The molecule has 5 heteroatoms. The molecule has 1 saturated heterocycles. The van der Waals surface area contributed by atoms with Crippen molar-refractivity contribution in [2.75, 3.05) is 13.2 Å². The van der Waals surface area contributed by atoms with Gasteiger partial charge in [0.15, 0.2) is 0 Å². The van der Waals surface area contributed by atoms with Gasteiger partial charge >= 0.3 is 0 Å². The minimum absolute atomic E-state index is 0.0275. The molecule has 0 aliphatic carbocycles. The molecule has 0 saturated carbocycles. The third-order valence-electron chi connectivity index (χ3n) is 4.36. The van der Waals surface area contributed by atoms with Crippen molar-refractivity contribution in [2.24, 2.45) is 5.92 Å². The highest BCUT2D eigenvalue weighted by atomic mass is 19.1. The third-order valence-corrected chi connectivity index (χ3v) is 4.36. The lowest BCUT2D eigenvalue weighted by Gasteiger charge is -2.33. The van der Waals surface area contributed by atoms with Crippen LogP contribution in [0.3, 0.4) is 0 Å². The number of hydrogen-bond acceptors (Lipinski definition) is 3. The first-order valence-electron chi connectivity index (χ1n) is 6.83. The topological polar surface area (TPSA) is 47.3 Å². The molecule has 2 aliphatic rings. The van der Waals surface area contributed by atoms with E-state index >= 15 is 0 Å². The molecule has 4 nitrogen and oxygen atoms in total. The summed E-state index contributed by atoms with van der Waals surface area (Å²) in [5.74, 6) is -0.214. The molecule has 104 valence electrons. The Morgan fingerprint density at radius 3 is 3.15 bits per heavy atom. The number of hydrogen-bond donors (Lipinski definition) is 1. The summed E-state index contributed by atoms with van der Waals surface area (Å²) in [6.07, 6.45) is 3.79. The summed E-state index contributed by atoms with van der Waals surface area (Å²) >= 11 is 0. The molecule has 3 atom stereocenters. The van der Waals surface area contributed by atoms with Crippen LogP contribution in [0.4, 0.5) is 4.39 Å². The maximum absolute atomic E-state index is 13.6. The first kappa shape index (κ1) is 12.1. The molecular formula is C15H15FN2O2. The fourth-order valence-electron chi connectivity index (χ4n) is 3.44. The molecule has 2 aromatic rings. The number of benzene rings is 1. The van der Waals surface area contributed by atoms with Gasteiger partial charge in [-0.1, -0.05) is 0 Å². The van der Waals surface area contributed by atoms with Gasteiger partial charge in [0.05, 0.1) is 37.0 Å². The van der Waals surface area contributed by atoms with Gasteiger partial charge in [0, 0.05) is 18.1 Å². The summed E-state index contributed by atoms with van der Waals surface area (Å²) in [7, 11) is 0. The smallest absolute Gasteiger partial charge is 0.123 e. The van der Waals surface area contributed by atoms with Crippen LogP contribution < -0.4 is 0 Å². The number of nitrogens with zero attached hydrogens (tertiary/aromatic N) is 2. The second-order valence-corrected chi connectivity index (χ2v) is 5.46. The Labute approximate surface area is 115 Å². The Kier molecular flexibility index (Phi) is 2.65. The zero-order valence-electron chi connectivity index (χ0n) is 10.9. The minimum Gasteiger partial charge on any atom is -0.390 e. The molecule has 0 radical (unpaired) electrons. The van der Waals surface area contributed by atoms with Crippen molar-refractivity contribution < 1.29 is 14.2 Å². The lowest BCUT2D eigenvalue weighted by atomic mass is 9.85. The molecule has 3 heterocycles. The van der Waals surface area contributed by atoms with Crippen LogP contribution in [0.2, 0.25) is 0 Å². The van der Waals surface area contributed by atoms with Crippen molar-refractivity contribution in [3.63, 3.8) is 0 Å². The summed E-state index contributed by atoms with van der Waals surface area (Å²) in [6.45, 7) is 0.975. The largest absolute Gasteiger partial charge is 0.390 e. The third kappa shape index (κ3) is 1.63. The van der Waals surface area contributed by atoms with Gasteiger partial charge in [-0.15, -0.1) is 0 Å². The Balaban J connectivity index is 1.85. The van der Waals surface area contributed by atoms with E-state index in [0.717, 1.165) is 23.2 Å². The predicted octanol–water partition coefficient (Wildman–Crippen LogP) is 1.99. The van der Waals surface area contributed by atoms with Crippen LogP contribution in [0.25, 0.3) is 11.3 Å². The zero-order chi connectivity index (χ0) is 13.7. The van der Waals surface area contributed by atoms with Crippen LogP contribution in [0.5, 0.6) is 0 Å². The van der Waals surface area contributed by atoms with Crippen molar-refractivity contribution in [1.82, 2.24) is 9.55 Å². The van der Waals surface area contributed by atoms with Crippen molar-refractivity contribution in [3.05, 3.63) is 42.1 Å². The van der Waals surface area contributed by atoms with Crippen molar-refractivity contribution >= 4 is 0 Å². The Hall–Kier alpha value is -1.72. The molecule has 20 heavy (non-hydrogen) atoms. The molecular weight excluding hydrogens is 259 g/mol. The van der Waals surface area contributed by atoms with Gasteiger partial charge in [-0.3, -0.25) is 0 Å². The molecule has 0 bridgehead atoms. The summed E-state index contributed by atoms with van der Waals surface area (Å²) in [5.41, 5.74) is 2.93. The van der Waals surface area contributed by atoms with Gasteiger partial charge in [-0.05, 0) is 30.2 Å². The molecule has 1 unspecified atom stereocenters. The number of rotatable bonds is 1. The van der Waals surface area contributed by atoms with Crippen molar-refractivity contribution in [2.45, 2.75) is 18.6 Å². The SMILES string of the molecule is O[C@H]1COCC[C@@H]1C1c2cc(F)ccc2-c2cncn21. The van der Waals surface area contributed by atoms with Gasteiger partial charge in [0.25, 0.3) is 0 Å². The highest BCUT2D eigenvalue weighted by Crippen LogP contribution is 2.45. The molecule has 0 amide bonds. The average Bonchev–Trinajstić information content (AvgIpc) is 3.00. The lowest BCUT2D eigenvalue weighted by Crippen LogP contribution is -2.37. The fourth-order valence-corrected chi connectivity index (χ4v) is 3.44. The Bertz CT molecular complexity index is 655. The fraction of sp³-hybridized carbons (Fsp3) is 0.400. The summed E-state index contributed by atoms with van der Waals surface area (Å²) in [4.78, 5) is 4.19. The van der Waals surface area contributed by atoms with Crippen LogP contribution in [0.15, 0.2) is 30.7 Å². The van der Waals surface area contributed by atoms with E-state index < -0.39 is 6.10 Å². The number of aromatic nitrogens is 2. The Morgan fingerprint density at radius 2 is 2.30 bits per heavy atom. The predicted molar refractivity (Wildman–Crippen MR) is 70.7 cm³/mol. The van der Waals surface area contributed by atoms with Gasteiger partial charge in [0.1, 0.15) is 5.82 Å². The molecule has 0 spiro atoms. The van der Waals surface area contributed by atoms with Crippen LogP contribution in [-0.2, 0) is 4.74 Å². The number of ether oxygens (including phenoxy) is 1. The van der Waals surface area contributed by atoms with E-state index in [4.69, 9.17) is 4.74 Å². The van der Waals surface area contributed by atoms with Gasteiger partial charge in [-0.2, -0.15) is 0 Å². The average molecular weight is 274 g/mol. The zero-order valence-corrected chi connectivity index (χ0v) is 10.9. The number of imidazole rings is 1. The van der Waals surface area contributed by atoms with Gasteiger partial charge < -0.3 is 14.4 Å². The standard InChI is InChI=1S/C15H15FN2O2/c16-9-1-2-10-12(5-9)15(18-8-17-6-13(10)18)11-3-4-20-7-14(11)19/h1-2,5-6,8,11,14-15,19H,3-4,7H2/t11-,14-,15?/m0/s1. The second kappa shape index (κ2) is 4.40. The van der Waals surface area contributed by atoms with E-state index in [9.17, 15) is 9.50 Å². The minimum atomic E-state index is -0.529. The first-order chi connectivity index (χ1) is 9.75. The van der Waals surface area contributed by atoms with Crippen LogP contribution in [-0.4, -0.2) is 34.0 Å². The monoisotopic (exact) mass is 274 g/mol.